The minimum Gasteiger partial charge on any atom is -0.271 e. The number of halogens is 5. The molecule has 0 aliphatic heterocycles. The third kappa shape index (κ3) is 3.22. The minimum absolute atomic E-state index is 0.121. The third-order valence-electron chi connectivity index (χ3n) is 2.80. The van der Waals surface area contributed by atoms with Crippen LogP contribution in [0.2, 0.25) is 0 Å². The lowest BCUT2D eigenvalue weighted by molar-refractivity contribution is 0.506. The molecule has 0 radical (unpaired) electrons. The van der Waals surface area contributed by atoms with Crippen molar-refractivity contribution in [1.82, 2.24) is 5.43 Å². The van der Waals surface area contributed by atoms with Crippen LogP contribution in [0.15, 0.2) is 39.3 Å². The number of nitrogens with two attached hydrogens (primary N) is 1. The molecule has 0 saturated heterocycles. The predicted octanol–water partition coefficient (Wildman–Crippen LogP) is 4.65. The molecule has 0 saturated carbocycles. The second-order valence-electron chi connectivity index (χ2n) is 4.02. The molecule has 2 aromatic carbocycles. The molecule has 0 bridgehead atoms. The zero-order valence-electron chi connectivity index (χ0n) is 9.93. The van der Waals surface area contributed by atoms with E-state index >= 15 is 0 Å². The van der Waals surface area contributed by atoms with Gasteiger partial charge in [-0.3, -0.25) is 5.84 Å². The average Bonchev–Trinajstić information content (AvgIpc) is 2.42. The Bertz CT molecular complexity index is 653. The molecule has 7 heteroatoms. The van der Waals surface area contributed by atoms with Crippen LogP contribution >= 0.6 is 54.5 Å². The molecule has 0 fully saturated rings. The van der Waals surface area contributed by atoms with Gasteiger partial charge in [0.2, 0.25) is 0 Å². The van der Waals surface area contributed by atoms with E-state index in [1.165, 1.54) is 12.1 Å². The van der Waals surface area contributed by atoms with E-state index in [9.17, 15) is 8.78 Å². The minimum atomic E-state index is -0.795. The van der Waals surface area contributed by atoms with Gasteiger partial charge in [0, 0.05) is 13.6 Å². The Morgan fingerprint density at radius 1 is 1.10 bits per heavy atom. The van der Waals surface area contributed by atoms with Crippen LogP contribution in [0.3, 0.4) is 0 Å². The standard InChI is InChI=1S/C13H9Br2F2IN2/c14-8-2-1-6(18)5-7(8)13(20-19)11-10(16)4-3-9(15)12(11)17/h1-5,13,20H,19H2. The number of rotatable bonds is 3. The van der Waals surface area contributed by atoms with Gasteiger partial charge in [-0.2, -0.15) is 0 Å². The van der Waals surface area contributed by atoms with E-state index in [1.807, 2.05) is 18.2 Å². The molecule has 2 nitrogen and oxygen atoms in total. The van der Waals surface area contributed by atoms with Crippen LogP contribution in [0, 0.1) is 15.2 Å². The van der Waals surface area contributed by atoms with Gasteiger partial charge in [0.05, 0.1) is 10.5 Å². The van der Waals surface area contributed by atoms with E-state index in [1.54, 1.807) is 0 Å². The molecular formula is C13H9Br2F2IN2. The van der Waals surface area contributed by atoms with Gasteiger partial charge in [0.1, 0.15) is 11.6 Å². The summed E-state index contributed by atoms with van der Waals surface area (Å²) in [5, 5.41) is 0. The van der Waals surface area contributed by atoms with Crippen molar-refractivity contribution in [2.45, 2.75) is 6.04 Å². The van der Waals surface area contributed by atoms with Gasteiger partial charge in [0.25, 0.3) is 0 Å². The molecule has 1 unspecified atom stereocenters. The first-order chi connectivity index (χ1) is 9.45. The maximum absolute atomic E-state index is 14.2. The smallest absolute Gasteiger partial charge is 0.145 e. The van der Waals surface area contributed by atoms with Crippen molar-refractivity contribution in [3.8, 4) is 0 Å². The highest BCUT2D eigenvalue weighted by atomic mass is 127. The monoisotopic (exact) mass is 516 g/mol. The van der Waals surface area contributed by atoms with Crippen molar-refractivity contribution in [1.29, 1.82) is 0 Å². The molecule has 0 aliphatic rings. The summed E-state index contributed by atoms with van der Waals surface area (Å²) < 4.78 is 30.1. The summed E-state index contributed by atoms with van der Waals surface area (Å²) in [5.74, 6) is 4.20. The molecule has 3 N–H and O–H groups in total. The van der Waals surface area contributed by atoms with Crippen molar-refractivity contribution in [2.75, 3.05) is 0 Å². The zero-order chi connectivity index (χ0) is 14.9. The van der Waals surface area contributed by atoms with Crippen LogP contribution in [-0.4, -0.2) is 0 Å². The Labute approximate surface area is 145 Å². The average molecular weight is 518 g/mol. The van der Waals surface area contributed by atoms with Crippen molar-refractivity contribution in [2.24, 2.45) is 5.84 Å². The van der Waals surface area contributed by atoms with Crippen molar-refractivity contribution in [3.63, 3.8) is 0 Å². The molecule has 2 rings (SSSR count). The molecule has 0 aromatic heterocycles. The first-order valence-electron chi connectivity index (χ1n) is 5.50. The van der Waals surface area contributed by atoms with Gasteiger partial charge in [0.15, 0.2) is 0 Å². The van der Waals surface area contributed by atoms with E-state index in [0.717, 1.165) is 8.04 Å². The highest BCUT2D eigenvalue weighted by Gasteiger charge is 2.24. The number of hydrogen-bond acceptors (Lipinski definition) is 2. The van der Waals surface area contributed by atoms with Crippen LogP contribution in [0.4, 0.5) is 8.78 Å². The van der Waals surface area contributed by atoms with Gasteiger partial charge >= 0.3 is 0 Å². The van der Waals surface area contributed by atoms with E-state index < -0.39 is 17.7 Å². The summed E-state index contributed by atoms with van der Waals surface area (Å²) in [7, 11) is 0. The fourth-order valence-electron chi connectivity index (χ4n) is 1.87. The molecular weight excluding hydrogens is 509 g/mol. The van der Waals surface area contributed by atoms with Gasteiger partial charge in [-0.25, -0.2) is 14.2 Å². The van der Waals surface area contributed by atoms with Crippen molar-refractivity contribution < 1.29 is 8.78 Å². The Morgan fingerprint density at radius 3 is 2.40 bits per heavy atom. The summed E-state index contributed by atoms with van der Waals surface area (Å²) in [6.07, 6.45) is 0. The number of hydrogen-bond donors (Lipinski definition) is 2. The van der Waals surface area contributed by atoms with E-state index in [0.29, 0.717) is 5.56 Å². The predicted molar refractivity (Wildman–Crippen MR) is 90.1 cm³/mol. The zero-order valence-corrected chi connectivity index (χ0v) is 15.3. The first-order valence-corrected chi connectivity index (χ1v) is 8.16. The SMILES string of the molecule is NNC(c1cc(I)ccc1Br)c1c(F)ccc(Br)c1F. The number of nitrogens with one attached hydrogen (secondary N) is 1. The Kier molecular flexibility index (Phi) is 5.52. The molecule has 2 aromatic rings. The largest absolute Gasteiger partial charge is 0.271 e. The molecule has 1 atom stereocenters. The number of hydrazine groups is 1. The lowest BCUT2D eigenvalue weighted by Gasteiger charge is -2.20. The number of benzene rings is 2. The van der Waals surface area contributed by atoms with Crippen LogP contribution in [0.5, 0.6) is 0 Å². The summed E-state index contributed by atoms with van der Waals surface area (Å²) in [4.78, 5) is 0. The fourth-order valence-corrected chi connectivity index (χ4v) is 3.21. The summed E-state index contributed by atoms with van der Waals surface area (Å²) >= 11 is 8.57. The topological polar surface area (TPSA) is 38.0 Å². The fraction of sp³-hybridized carbons (Fsp3) is 0.0769. The van der Waals surface area contributed by atoms with Crippen LogP contribution < -0.4 is 11.3 Å². The molecule has 20 heavy (non-hydrogen) atoms. The lowest BCUT2D eigenvalue weighted by atomic mass is 9.98. The highest BCUT2D eigenvalue weighted by Crippen LogP contribution is 2.34. The quantitative estimate of drug-likeness (QED) is 0.269. The molecule has 106 valence electrons. The maximum Gasteiger partial charge on any atom is 0.145 e. The van der Waals surface area contributed by atoms with Gasteiger partial charge < -0.3 is 0 Å². The summed E-state index contributed by atoms with van der Waals surface area (Å²) in [6, 6.07) is 7.25. The van der Waals surface area contributed by atoms with Crippen LogP contribution in [0.25, 0.3) is 0 Å². The second kappa shape index (κ2) is 6.78. The van der Waals surface area contributed by atoms with Gasteiger partial charge in [-0.05, 0) is 74.4 Å². The first kappa shape index (κ1) is 16.3. The second-order valence-corrected chi connectivity index (χ2v) is 6.98. The summed E-state index contributed by atoms with van der Waals surface area (Å²) in [5.41, 5.74) is 3.02. The van der Waals surface area contributed by atoms with Gasteiger partial charge in [-0.1, -0.05) is 15.9 Å². The van der Waals surface area contributed by atoms with E-state index in [4.69, 9.17) is 5.84 Å². The van der Waals surface area contributed by atoms with E-state index in [2.05, 4.69) is 59.9 Å². The Hall–Kier alpha value is -0.0900. The Balaban J connectivity index is 2.64. The van der Waals surface area contributed by atoms with Crippen LogP contribution in [-0.2, 0) is 0 Å². The molecule has 0 heterocycles. The van der Waals surface area contributed by atoms with Crippen molar-refractivity contribution >= 4 is 54.5 Å². The molecule has 0 aliphatic carbocycles. The summed E-state index contributed by atoms with van der Waals surface area (Å²) in [6.45, 7) is 0. The highest BCUT2D eigenvalue weighted by molar-refractivity contribution is 14.1. The molecule has 0 amide bonds. The lowest BCUT2D eigenvalue weighted by Crippen LogP contribution is -2.30. The van der Waals surface area contributed by atoms with Crippen molar-refractivity contribution in [3.05, 3.63) is 65.6 Å². The maximum atomic E-state index is 14.2. The Morgan fingerprint density at radius 2 is 1.75 bits per heavy atom. The normalized spacial score (nSPS) is 12.5. The molecule has 0 spiro atoms. The third-order valence-corrected chi connectivity index (χ3v) is 4.81. The van der Waals surface area contributed by atoms with Gasteiger partial charge in [-0.15, -0.1) is 0 Å². The van der Waals surface area contributed by atoms with Crippen LogP contribution in [0.1, 0.15) is 17.2 Å². The van der Waals surface area contributed by atoms with E-state index in [-0.39, 0.29) is 10.0 Å².